The SMILES string of the molecule is CO[C@@H](C[C@H](O)C[C@H](OCc1ccccc1)[C@@H](COC(=O)C(C)(C)C)OCc1ccccc1)[C@H](COCc1ccccc1)OCc1ccccc1. The van der Waals surface area contributed by atoms with Crippen LogP contribution in [0.15, 0.2) is 121 Å². The molecule has 0 radical (unpaired) electrons. The molecule has 0 aromatic heterocycles. The van der Waals surface area contributed by atoms with E-state index in [-0.39, 0.29) is 38.6 Å². The van der Waals surface area contributed by atoms with Crippen LogP contribution in [0.5, 0.6) is 0 Å². The fourth-order valence-electron chi connectivity index (χ4n) is 5.46. The molecule has 4 aromatic rings. The van der Waals surface area contributed by atoms with Crippen LogP contribution in [-0.4, -0.2) is 61.9 Å². The summed E-state index contributed by atoms with van der Waals surface area (Å²) < 4.78 is 37.2. The number of hydrogen-bond acceptors (Lipinski definition) is 8. The predicted molar refractivity (Wildman–Crippen MR) is 198 cm³/mol. The van der Waals surface area contributed by atoms with Gasteiger partial charge in [-0.15, -0.1) is 0 Å². The van der Waals surface area contributed by atoms with E-state index in [1.807, 2.05) is 142 Å². The van der Waals surface area contributed by atoms with Crippen molar-refractivity contribution < 1.29 is 38.3 Å². The molecule has 0 spiro atoms. The lowest BCUT2D eigenvalue weighted by Crippen LogP contribution is -2.42. The summed E-state index contributed by atoms with van der Waals surface area (Å²) in [7, 11) is 1.62. The zero-order valence-corrected chi connectivity index (χ0v) is 30.4. The molecule has 0 amide bonds. The minimum Gasteiger partial charge on any atom is -0.462 e. The second kappa shape index (κ2) is 21.5. The number of carbonyl (C=O) groups is 1. The van der Waals surface area contributed by atoms with Crippen molar-refractivity contribution in [2.45, 2.75) is 90.6 Å². The molecule has 0 aliphatic rings. The first kappa shape index (κ1) is 39.9. The summed E-state index contributed by atoms with van der Waals surface area (Å²) in [5.74, 6) is -0.341. The van der Waals surface area contributed by atoms with Crippen LogP contribution in [0.1, 0.15) is 55.9 Å². The Labute approximate surface area is 303 Å². The number of benzene rings is 4. The van der Waals surface area contributed by atoms with Crippen molar-refractivity contribution in [2.75, 3.05) is 20.3 Å². The van der Waals surface area contributed by atoms with Gasteiger partial charge in [-0.25, -0.2) is 0 Å². The highest BCUT2D eigenvalue weighted by atomic mass is 16.6. The van der Waals surface area contributed by atoms with Gasteiger partial charge in [-0.3, -0.25) is 4.79 Å². The second-order valence-corrected chi connectivity index (χ2v) is 13.8. The van der Waals surface area contributed by atoms with Crippen molar-refractivity contribution >= 4 is 5.97 Å². The Morgan fingerprint density at radius 3 is 1.33 bits per heavy atom. The Bertz CT molecular complexity index is 1500. The maximum absolute atomic E-state index is 12.9. The molecule has 0 heterocycles. The van der Waals surface area contributed by atoms with Crippen molar-refractivity contribution in [3.63, 3.8) is 0 Å². The minimum atomic E-state index is -0.867. The maximum Gasteiger partial charge on any atom is 0.311 e. The third-order valence-corrected chi connectivity index (χ3v) is 8.45. The summed E-state index contributed by atoms with van der Waals surface area (Å²) in [5.41, 5.74) is 3.34. The minimum absolute atomic E-state index is 0.0288. The molecule has 4 aromatic carbocycles. The average Bonchev–Trinajstić information content (AvgIpc) is 3.15. The normalized spacial score (nSPS) is 14.7. The number of aliphatic hydroxyl groups is 1. The van der Waals surface area contributed by atoms with Gasteiger partial charge in [-0.1, -0.05) is 121 Å². The third kappa shape index (κ3) is 14.7. The van der Waals surface area contributed by atoms with E-state index >= 15 is 0 Å². The summed E-state index contributed by atoms with van der Waals surface area (Å²) in [5, 5.41) is 11.7. The van der Waals surface area contributed by atoms with E-state index in [9.17, 15) is 9.90 Å². The number of methoxy groups -OCH3 is 1. The van der Waals surface area contributed by atoms with Gasteiger partial charge in [0.05, 0.1) is 56.8 Å². The number of aliphatic hydroxyl groups excluding tert-OH is 1. The quantitative estimate of drug-likeness (QED) is 0.0836. The van der Waals surface area contributed by atoms with E-state index in [0.29, 0.717) is 19.8 Å². The summed E-state index contributed by atoms with van der Waals surface area (Å²) in [6.07, 6.45) is -2.64. The van der Waals surface area contributed by atoms with Crippen LogP contribution in [0.25, 0.3) is 0 Å². The first-order valence-corrected chi connectivity index (χ1v) is 17.7. The number of rotatable bonds is 22. The first-order valence-electron chi connectivity index (χ1n) is 17.7. The van der Waals surface area contributed by atoms with Gasteiger partial charge in [0.15, 0.2) is 0 Å². The van der Waals surface area contributed by atoms with Gasteiger partial charge in [0.2, 0.25) is 0 Å². The molecule has 0 saturated heterocycles. The van der Waals surface area contributed by atoms with Crippen LogP contribution >= 0.6 is 0 Å². The molecule has 51 heavy (non-hydrogen) atoms. The monoisotopic (exact) mass is 698 g/mol. The van der Waals surface area contributed by atoms with Crippen LogP contribution in [0, 0.1) is 5.41 Å². The fourth-order valence-corrected chi connectivity index (χ4v) is 5.46. The summed E-state index contributed by atoms with van der Waals surface area (Å²) >= 11 is 0. The molecular formula is C43H54O8. The molecule has 8 nitrogen and oxygen atoms in total. The number of carbonyl (C=O) groups excluding carboxylic acids is 1. The molecule has 0 fully saturated rings. The van der Waals surface area contributed by atoms with E-state index in [2.05, 4.69) is 0 Å². The highest BCUT2D eigenvalue weighted by Crippen LogP contribution is 2.23. The summed E-state index contributed by atoms with van der Waals surface area (Å²) in [6, 6.07) is 39.5. The van der Waals surface area contributed by atoms with E-state index in [0.717, 1.165) is 22.3 Å². The van der Waals surface area contributed by atoms with Gasteiger partial charge in [0.1, 0.15) is 18.8 Å². The van der Waals surface area contributed by atoms with Gasteiger partial charge >= 0.3 is 5.97 Å². The molecule has 5 atom stereocenters. The third-order valence-electron chi connectivity index (χ3n) is 8.45. The molecule has 8 heteroatoms. The van der Waals surface area contributed by atoms with Crippen LogP contribution in [0.2, 0.25) is 0 Å². The smallest absolute Gasteiger partial charge is 0.311 e. The molecule has 0 aliphatic heterocycles. The molecule has 0 unspecified atom stereocenters. The first-order chi connectivity index (χ1) is 24.7. The summed E-state index contributed by atoms with van der Waals surface area (Å²) in [6.45, 7) is 7.05. The van der Waals surface area contributed by atoms with Crippen molar-refractivity contribution in [3.8, 4) is 0 Å². The standard InChI is InChI=1S/C43H54O8/c1-43(2,3)42(45)51-32-41(50-30-36-23-15-8-16-24-36)39(48-28-34-19-11-6-12-20-34)26-37(44)25-38(46-4)40(49-29-35-21-13-7-14-22-35)31-47-27-33-17-9-5-10-18-33/h5-24,37-41,44H,25-32H2,1-4H3/t37-,38-,39-,40-,41+/m0/s1. The number of esters is 1. The van der Waals surface area contributed by atoms with E-state index in [1.54, 1.807) is 7.11 Å². The lowest BCUT2D eigenvalue weighted by atomic mass is 9.97. The molecule has 274 valence electrons. The van der Waals surface area contributed by atoms with E-state index < -0.39 is 35.9 Å². The Balaban J connectivity index is 1.50. The van der Waals surface area contributed by atoms with Gasteiger partial charge in [-0.2, -0.15) is 0 Å². The van der Waals surface area contributed by atoms with Crippen LogP contribution in [0.3, 0.4) is 0 Å². The fraction of sp³-hybridized carbons (Fsp3) is 0.419. The molecule has 0 bridgehead atoms. The highest BCUT2D eigenvalue weighted by molar-refractivity contribution is 5.75. The van der Waals surface area contributed by atoms with Gasteiger partial charge < -0.3 is 33.5 Å². The molecule has 4 rings (SSSR count). The van der Waals surface area contributed by atoms with Crippen molar-refractivity contribution in [2.24, 2.45) is 5.41 Å². The van der Waals surface area contributed by atoms with E-state index in [1.165, 1.54) is 0 Å². The molecule has 1 N–H and O–H groups in total. The van der Waals surface area contributed by atoms with E-state index in [4.69, 9.17) is 28.4 Å². The predicted octanol–water partition coefficient (Wildman–Crippen LogP) is 7.70. The lowest BCUT2D eigenvalue weighted by Gasteiger charge is -2.32. The zero-order chi connectivity index (χ0) is 36.3. The molecule has 0 saturated carbocycles. The topological polar surface area (TPSA) is 92.7 Å². The lowest BCUT2D eigenvalue weighted by molar-refractivity contribution is -0.166. The van der Waals surface area contributed by atoms with Crippen molar-refractivity contribution in [1.82, 2.24) is 0 Å². The van der Waals surface area contributed by atoms with Crippen LogP contribution in [0.4, 0.5) is 0 Å². The Hall–Kier alpha value is -3.89. The number of ether oxygens (including phenoxy) is 6. The van der Waals surface area contributed by atoms with Crippen molar-refractivity contribution in [3.05, 3.63) is 144 Å². The van der Waals surface area contributed by atoms with Crippen LogP contribution in [-0.2, 0) is 59.6 Å². The zero-order valence-electron chi connectivity index (χ0n) is 30.4. The summed E-state index contributed by atoms with van der Waals surface area (Å²) in [4.78, 5) is 12.9. The van der Waals surface area contributed by atoms with Gasteiger partial charge in [-0.05, 0) is 43.0 Å². The van der Waals surface area contributed by atoms with Crippen LogP contribution < -0.4 is 0 Å². The van der Waals surface area contributed by atoms with Crippen molar-refractivity contribution in [1.29, 1.82) is 0 Å². The Kier molecular flexibility index (Phi) is 16.8. The number of hydrogen-bond donors (Lipinski definition) is 1. The molecular weight excluding hydrogens is 644 g/mol. The largest absolute Gasteiger partial charge is 0.462 e. The Morgan fingerprint density at radius 2 is 0.922 bits per heavy atom. The Morgan fingerprint density at radius 1 is 0.549 bits per heavy atom. The second-order valence-electron chi connectivity index (χ2n) is 13.8. The van der Waals surface area contributed by atoms with Gasteiger partial charge in [0, 0.05) is 20.0 Å². The highest BCUT2D eigenvalue weighted by Gasteiger charge is 2.33. The molecule has 0 aliphatic carbocycles. The average molecular weight is 699 g/mol. The van der Waals surface area contributed by atoms with Gasteiger partial charge in [0.25, 0.3) is 0 Å². The maximum atomic E-state index is 12.9.